The Morgan fingerprint density at radius 3 is 2.28 bits per heavy atom. The zero-order valence-electron chi connectivity index (χ0n) is 13.1. The van der Waals surface area contributed by atoms with Crippen LogP contribution in [-0.2, 0) is 4.43 Å². The van der Waals surface area contributed by atoms with Crippen molar-refractivity contribution in [2.45, 2.75) is 90.0 Å². The average Bonchev–Trinajstić information content (AvgIpc) is 2.25. The molecular weight excluding hydrogens is 236 g/mol. The van der Waals surface area contributed by atoms with E-state index in [0.717, 1.165) is 0 Å². The smallest absolute Gasteiger partial charge is 0.192 e. The first-order valence-electron chi connectivity index (χ1n) is 7.66. The molecule has 0 bridgehead atoms. The van der Waals surface area contributed by atoms with E-state index in [1.54, 1.807) is 0 Å². The lowest BCUT2D eigenvalue weighted by Gasteiger charge is -2.39. The Hall–Kier alpha value is -0.0831. The Kier molecular flexibility index (Phi) is 6.13. The molecule has 1 aliphatic rings. The SMILES string of the molecule is CC(C)(C)[Si](C)(C)OC1CCC=CCCCCC1. The molecule has 0 N–H and O–H groups in total. The van der Waals surface area contributed by atoms with E-state index in [9.17, 15) is 0 Å². The van der Waals surface area contributed by atoms with E-state index >= 15 is 0 Å². The van der Waals surface area contributed by atoms with Gasteiger partial charge in [-0.25, -0.2) is 0 Å². The summed E-state index contributed by atoms with van der Waals surface area (Å²) in [6.45, 7) is 11.8. The third-order valence-corrected chi connectivity index (χ3v) is 9.02. The predicted octanol–water partition coefficient (Wildman–Crippen LogP) is 5.68. The van der Waals surface area contributed by atoms with Gasteiger partial charge in [-0.05, 0) is 50.2 Å². The van der Waals surface area contributed by atoms with Crippen molar-refractivity contribution in [3.63, 3.8) is 0 Å². The highest BCUT2D eigenvalue weighted by Gasteiger charge is 2.38. The summed E-state index contributed by atoms with van der Waals surface area (Å²) >= 11 is 0. The molecule has 0 aromatic heterocycles. The first-order valence-corrected chi connectivity index (χ1v) is 10.6. The molecule has 0 aromatic rings. The van der Waals surface area contributed by atoms with E-state index in [1.807, 2.05) is 0 Å². The summed E-state index contributed by atoms with van der Waals surface area (Å²) in [6.07, 6.45) is 14.2. The van der Waals surface area contributed by atoms with Crippen LogP contribution in [0, 0.1) is 0 Å². The normalized spacial score (nSPS) is 23.9. The van der Waals surface area contributed by atoms with E-state index in [-0.39, 0.29) is 0 Å². The topological polar surface area (TPSA) is 9.23 Å². The third-order valence-electron chi connectivity index (χ3n) is 4.49. The maximum Gasteiger partial charge on any atom is 0.192 e. The lowest BCUT2D eigenvalue weighted by Crippen LogP contribution is -2.44. The highest BCUT2D eigenvalue weighted by Crippen LogP contribution is 2.38. The van der Waals surface area contributed by atoms with Crippen LogP contribution in [0.3, 0.4) is 0 Å². The predicted molar refractivity (Wildman–Crippen MR) is 83.5 cm³/mol. The molecule has 0 fully saturated rings. The second kappa shape index (κ2) is 6.90. The fourth-order valence-electron chi connectivity index (χ4n) is 2.18. The summed E-state index contributed by atoms with van der Waals surface area (Å²) < 4.78 is 6.58. The fourth-order valence-corrected chi connectivity index (χ4v) is 3.61. The van der Waals surface area contributed by atoms with Crippen molar-refractivity contribution in [2.24, 2.45) is 0 Å². The highest BCUT2D eigenvalue weighted by molar-refractivity contribution is 6.74. The minimum absolute atomic E-state index is 0.332. The highest BCUT2D eigenvalue weighted by atomic mass is 28.4. The van der Waals surface area contributed by atoms with E-state index < -0.39 is 8.32 Å². The van der Waals surface area contributed by atoms with Crippen LogP contribution < -0.4 is 0 Å². The van der Waals surface area contributed by atoms with Crippen LogP contribution in [0.5, 0.6) is 0 Å². The van der Waals surface area contributed by atoms with Crippen LogP contribution in [0.25, 0.3) is 0 Å². The van der Waals surface area contributed by atoms with Gasteiger partial charge in [0.15, 0.2) is 8.32 Å². The van der Waals surface area contributed by atoms with Gasteiger partial charge < -0.3 is 4.43 Å². The van der Waals surface area contributed by atoms with Gasteiger partial charge in [0.25, 0.3) is 0 Å². The van der Waals surface area contributed by atoms with Gasteiger partial charge in [0.05, 0.1) is 0 Å². The largest absolute Gasteiger partial charge is 0.414 e. The maximum absolute atomic E-state index is 6.58. The van der Waals surface area contributed by atoms with Gasteiger partial charge in [0.1, 0.15) is 0 Å². The van der Waals surface area contributed by atoms with Crippen molar-refractivity contribution in [1.29, 1.82) is 0 Å². The van der Waals surface area contributed by atoms with E-state index in [2.05, 4.69) is 46.0 Å². The molecule has 2 heteroatoms. The maximum atomic E-state index is 6.58. The van der Waals surface area contributed by atoms with Crippen LogP contribution in [0.2, 0.25) is 18.1 Å². The Balaban J connectivity index is 2.56. The molecule has 1 unspecified atom stereocenters. The van der Waals surface area contributed by atoms with Gasteiger partial charge in [-0.2, -0.15) is 0 Å². The van der Waals surface area contributed by atoms with Crippen LogP contribution in [0.15, 0.2) is 12.2 Å². The van der Waals surface area contributed by atoms with Crippen LogP contribution in [0.4, 0.5) is 0 Å². The third kappa shape index (κ3) is 5.27. The average molecular weight is 269 g/mol. The second-order valence-electron chi connectivity index (χ2n) is 7.19. The van der Waals surface area contributed by atoms with Gasteiger partial charge in [-0.15, -0.1) is 0 Å². The standard InChI is InChI=1S/C16H32OSi/c1-16(2,3)18(4,5)17-15-13-11-9-7-6-8-10-12-14-15/h7,9,15H,6,8,10-14H2,1-5H3. The minimum atomic E-state index is -1.58. The van der Waals surface area contributed by atoms with Gasteiger partial charge in [-0.1, -0.05) is 45.8 Å². The Morgan fingerprint density at radius 2 is 1.61 bits per heavy atom. The lowest BCUT2D eigenvalue weighted by molar-refractivity contribution is 0.158. The zero-order valence-corrected chi connectivity index (χ0v) is 14.1. The first-order chi connectivity index (χ1) is 8.33. The van der Waals surface area contributed by atoms with E-state index in [0.29, 0.717) is 11.1 Å². The molecule has 18 heavy (non-hydrogen) atoms. The molecule has 1 atom stereocenters. The molecule has 0 spiro atoms. The molecule has 1 aliphatic carbocycles. The quantitative estimate of drug-likeness (QED) is 0.462. The minimum Gasteiger partial charge on any atom is -0.414 e. The van der Waals surface area contributed by atoms with Gasteiger partial charge in [0.2, 0.25) is 0 Å². The lowest BCUT2D eigenvalue weighted by atomic mass is 10.0. The molecule has 0 radical (unpaired) electrons. The Labute approximate surface area is 115 Å². The first kappa shape index (κ1) is 16.0. The van der Waals surface area contributed by atoms with Gasteiger partial charge in [-0.3, -0.25) is 0 Å². The molecule has 0 heterocycles. The summed E-state index contributed by atoms with van der Waals surface area (Å²) in [5.41, 5.74) is 0. The number of rotatable bonds is 2. The summed E-state index contributed by atoms with van der Waals surface area (Å²) in [4.78, 5) is 0. The molecule has 0 saturated heterocycles. The Morgan fingerprint density at radius 1 is 0.944 bits per heavy atom. The second-order valence-corrected chi connectivity index (χ2v) is 11.9. The Bertz CT molecular complexity index is 263. The molecule has 0 saturated carbocycles. The van der Waals surface area contributed by atoms with Crippen molar-refractivity contribution < 1.29 is 4.43 Å². The molecule has 106 valence electrons. The van der Waals surface area contributed by atoms with E-state index in [1.165, 1.54) is 44.9 Å². The summed E-state index contributed by atoms with van der Waals surface area (Å²) in [7, 11) is -1.58. The van der Waals surface area contributed by atoms with E-state index in [4.69, 9.17) is 4.43 Å². The summed E-state index contributed by atoms with van der Waals surface area (Å²) in [6, 6.07) is 0. The number of hydrogen-bond acceptors (Lipinski definition) is 1. The number of allylic oxidation sites excluding steroid dienone is 2. The number of hydrogen-bond donors (Lipinski definition) is 0. The summed E-state index contributed by atoms with van der Waals surface area (Å²) in [5.74, 6) is 0. The van der Waals surface area contributed by atoms with Crippen molar-refractivity contribution in [1.82, 2.24) is 0 Å². The monoisotopic (exact) mass is 268 g/mol. The van der Waals surface area contributed by atoms with Gasteiger partial charge >= 0.3 is 0 Å². The van der Waals surface area contributed by atoms with Gasteiger partial charge in [0, 0.05) is 6.10 Å². The van der Waals surface area contributed by atoms with Crippen LogP contribution in [0.1, 0.15) is 65.7 Å². The fraction of sp³-hybridized carbons (Fsp3) is 0.875. The molecule has 0 aliphatic heterocycles. The van der Waals surface area contributed by atoms with Crippen molar-refractivity contribution in [2.75, 3.05) is 0 Å². The molecule has 1 rings (SSSR count). The van der Waals surface area contributed by atoms with Crippen molar-refractivity contribution in [3.05, 3.63) is 12.2 Å². The molecule has 0 amide bonds. The summed E-state index contributed by atoms with van der Waals surface area (Å²) in [5, 5.41) is 0.332. The molecule has 0 aromatic carbocycles. The zero-order chi connectivity index (χ0) is 13.6. The van der Waals surface area contributed by atoms with Crippen LogP contribution in [-0.4, -0.2) is 14.4 Å². The van der Waals surface area contributed by atoms with Crippen molar-refractivity contribution in [3.8, 4) is 0 Å². The molecule has 1 nitrogen and oxygen atoms in total. The van der Waals surface area contributed by atoms with Crippen LogP contribution >= 0.6 is 0 Å². The molecular formula is C16H32OSi. The van der Waals surface area contributed by atoms with Crippen molar-refractivity contribution >= 4 is 8.32 Å².